The van der Waals surface area contributed by atoms with Crippen LogP contribution in [0.3, 0.4) is 0 Å². The van der Waals surface area contributed by atoms with Gasteiger partial charge in [0.15, 0.2) is 0 Å². The molecule has 2 heterocycles. The first kappa shape index (κ1) is 16.9. The second kappa shape index (κ2) is 7.34. The number of para-hydroxylation sites is 1. The summed E-state index contributed by atoms with van der Waals surface area (Å²) in [6, 6.07) is 16.5. The Morgan fingerprint density at radius 2 is 1.73 bits per heavy atom. The maximum absolute atomic E-state index is 6.44. The van der Waals surface area contributed by atoms with Crippen LogP contribution in [0, 0.1) is 0 Å². The molecule has 0 amide bonds. The number of anilines is 1. The highest BCUT2D eigenvalue weighted by Gasteiger charge is 2.19. The number of fused-ring (bicyclic) bond motifs is 1. The molecule has 4 nitrogen and oxygen atoms in total. The van der Waals surface area contributed by atoms with E-state index < -0.39 is 0 Å². The van der Waals surface area contributed by atoms with Crippen molar-refractivity contribution in [2.24, 2.45) is 0 Å². The zero-order chi connectivity index (χ0) is 17.9. The molecule has 134 valence electrons. The van der Waals surface area contributed by atoms with E-state index in [9.17, 15) is 0 Å². The molecule has 0 saturated carbocycles. The van der Waals surface area contributed by atoms with Crippen molar-refractivity contribution in [3.63, 3.8) is 0 Å². The SMILES string of the molecule is COc1ccc(-c2c(CN3CCCCC3)c(N)nc3ccccc23)cc1. The lowest BCUT2D eigenvalue weighted by Crippen LogP contribution is -2.29. The fourth-order valence-electron chi connectivity index (χ4n) is 3.86. The molecular weight excluding hydrogens is 322 g/mol. The predicted molar refractivity (Wildman–Crippen MR) is 107 cm³/mol. The van der Waals surface area contributed by atoms with Crippen molar-refractivity contribution in [2.75, 3.05) is 25.9 Å². The van der Waals surface area contributed by atoms with Crippen molar-refractivity contribution >= 4 is 16.7 Å². The average molecular weight is 347 g/mol. The number of benzene rings is 2. The van der Waals surface area contributed by atoms with Gasteiger partial charge < -0.3 is 10.5 Å². The summed E-state index contributed by atoms with van der Waals surface area (Å²) in [7, 11) is 1.69. The van der Waals surface area contributed by atoms with Gasteiger partial charge >= 0.3 is 0 Å². The Labute approximate surface area is 154 Å². The Morgan fingerprint density at radius 1 is 1.00 bits per heavy atom. The van der Waals surface area contributed by atoms with E-state index in [1.54, 1.807) is 7.11 Å². The number of ether oxygens (including phenoxy) is 1. The number of pyridine rings is 1. The van der Waals surface area contributed by atoms with E-state index in [0.29, 0.717) is 5.82 Å². The van der Waals surface area contributed by atoms with Crippen molar-refractivity contribution in [1.29, 1.82) is 0 Å². The molecule has 1 aliphatic rings. The molecule has 0 unspecified atom stereocenters. The minimum absolute atomic E-state index is 0.639. The lowest BCUT2D eigenvalue weighted by atomic mass is 9.94. The van der Waals surface area contributed by atoms with Gasteiger partial charge in [0.05, 0.1) is 12.6 Å². The second-order valence-electron chi connectivity index (χ2n) is 6.93. The fourth-order valence-corrected chi connectivity index (χ4v) is 3.86. The summed E-state index contributed by atoms with van der Waals surface area (Å²) in [6.07, 6.45) is 3.85. The molecule has 3 aromatic rings. The molecular formula is C22H25N3O. The van der Waals surface area contributed by atoms with Gasteiger partial charge in [-0.25, -0.2) is 4.98 Å². The molecule has 0 bridgehead atoms. The molecule has 4 rings (SSSR count). The summed E-state index contributed by atoms with van der Waals surface area (Å²) in [5.74, 6) is 1.50. The van der Waals surface area contributed by atoms with Gasteiger partial charge in [0, 0.05) is 17.5 Å². The largest absolute Gasteiger partial charge is 0.497 e. The van der Waals surface area contributed by atoms with E-state index in [1.807, 2.05) is 24.3 Å². The summed E-state index contributed by atoms with van der Waals surface area (Å²) in [5.41, 5.74) is 10.9. The number of methoxy groups -OCH3 is 1. The lowest BCUT2D eigenvalue weighted by molar-refractivity contribution is 0.221. The van der Waals surface area contributed by atoms with Gasteiger partial charge in [-0.1, -0.05) is 36.8 Å². The van der Waals surface area contributed by atoms with Crippen molar-refractivity contribution in [3.05, 3.63) is 54.1 Å². The summed E-state index contributed by atoms with van der Waals surface area (Å²) < 4.78 is 5.32. The van der Waals surface area contributed by atoms with Crippen molar-refractivity contribution in [3.8, 4) is 16.9 Å². The molecule has 26 heavy (non-hydrogen) atoms. The van der Waals surface area contributed by atoms with E-state index in [2.05, 4.69) is 34.1 Å². The molecule has 1 aliphatic heterocycles. The number of nitrogen functional groups attached to an aromatic ring is 1. The Balaban J connectivity index is 1.86. The van der Waals surface area contributed by atoms with Crippen LogP contribution in [0.1, 0.15) is 24.8 Å². The zero-order valence-corrected chi connectivity index (χ0v) is 15.2. The van der Waals surface area contributed by atoms with Crippen LogP contribution in [-0.4, -0.2) is 30.1 Å². The van der Waals surface area contributed by atoms with Gasteiger partial charge in [-0.3, -0.25) is 4.90 Å². The normalized spacial score (nSPS) is 15.3. The molecule has 0 spiro atoms. The summed E-state index contributed by atoms with van der Waals surface area (Å²) in [4.78, 5) is 7.19. The third-order valence-electron chi connectivity index (χ3n) is 5.23. The van der Waals surface area contributed by atoms with Crippen LogP contribution in [-0.2, 0) is 6.54 Å². The maximum atomic E-state index is 6.44. The number of likely N-dealkylation sites (tertiary alicyclic amines) is 1. The van der Waals surface area contributed by atoms with Crippen LogP contribution in [0.4, 0.5) is 5.82 Å². The van der Waals surface area contributed by atoms with Crippen LogP contribution >= 0.6 is 0 Å². The van der Waals surface area contributed by atoms with Crippen LogP contribution in [0.5, 0.6) is 5.75 Å². The molecule has 1 saturated heterocycles. The van der Waals surface area contributed by atoms with E-state index in [1.165, 1.54) is 24.8 Å². The van der Waals surface area contributed by atoms with Crippen molar-refractivity contribution < 1.29 is 4.74 Å². The second-order valence-corrected chi connectivity index (χ2v) is 6.93. The number of hydrogen-bond acceptors (Lipinski definition) is 4. The van der Waals surface area contributed by atoms with Crippen LogP contribution in [0.15, 0.2) is 48.5 Å². The Bertz CT molecular complexity index is 899. The first-order valence-electron chi connectivity index (χ1n) is 9.30. The third-order valence-corrected chi connectivity index (χ3v) is 5.23. The monoisotopic (exact) mass is 347 g/mol. The van der Waals surface area contributed by atoms with Gasteiger partial charge in [-0.15, -0.1) is 0 Å². The summed E-state index contributed by atoms with van der Waals surface area (Å²) >= 11 is 0. The van der Waals surface area contributed by atoms with E-state index >= 15 is 0 Å². The average Bonchev–Trinajstić information content (AvgIpc) is 2.69. The topological polar surface area (TPSA) is 51.4 Å². The Morgan fingerprint density at radius 3 is 2.46 bits per heavy atom. The van der Waals surface area contributed by atoms with Gasteiger partial charge in [0.2, 0.25) is 0 Å². The zero-order valence-electron chi connectivity index (χ0n) is 15.2. The van der Waals surface area contributed by atoms with Crippen LogP contribution < -0.4 is 10.5 Å². The first-order valence-corrected chi connectivity index (χ1v) is 9.30. The third kappa shape index (κ3) is 3.25. The summed E-state index contributed by atoms with van der Waals surface area (Å²) in [5, 5.41) is 1.15. The highest BCUT2D eigenvalue weighted by molar-refractivity contribution is 5.98. The number of piperidine rings is 1. The predicted octanol–water partition coefficient (Wildman–Crippen LogP) is 4.48. The van der Waals surface area contributed by atoms with Crippen molar-refractivity contribution in [2.45, 2.75) is 25.8 Å². The molecule has 2 N–H and O–H groups in total. The number of nitrogens with zero attached hydrogens (tertiary/aromatic N) is 2. The minimum Gasteiger partial charge on any atom is -0.497 e. The molecule has 1 aromatic heterocycles. The molecule has 0 aliphatic carbocycles. The standard InChI is InChI=1S/C22H25N3O/c1-26-17-11-9-16(10-12-17)21-18-7-3-4-8-20(18)24-22(23)19(21)15-25-13-5-2-6-14-25/h3-4,7-12H,2,5-6,13-15H2,1H3,(H2,23,24). The molecule has 0 radical (unpaired) electrons. The highest BCUT2D eigenvalue weighted by Crippen LogP contribution is 2.36. The van der Waals surface area contributed by atoms with E-state index in [0.717, 1.165) is 47.4 Å². The van der Waals surface area contributed by atoms with Gasteiger partial charge in [0.1, 0.15) is 11.6 Å². The summed E-state index contributed by atoms with van der Waals surface area (Å²) in [6.45, 7) is 3.12. The van der Waals surface area contributed by atoms with Crippen LogP contribution in [0.2, 0.25) is 0 Å². The van der Waals surface area contributed by atoms with Crippen molar-refractivity contribution in [1.82, 2.24) is 9.88 Å². The number of rotatable bonds is 4. The quantitative estimate of drug-likeness (QED) is 0.756. The maximum Gasteiger partial charge on any atom is 0.129 e. The first-order chi connectivity index (χ1) is 12.8. The van der Waals surface area contributed by atoms with Gasteiger partial charge in [-0.05, 0) is 55.3 Å². The molecule has 1 fully saturated rings. The fraction of sp³-hybridized carbons (Fsp3) is 0.318. The number of aromatic nitrogens is 1. The van der Waals surface area contributed by atoms with E-state index in [-0.39, 0.29) is 0 Å². The lowest BCUT2D eigenvalue weighted by Gasteiger charge is -2.28. The number of nitrogens with two attached hydrogens (primary N) is 1. The highest BCUT2D eigenvalue weighted by atomic mass is 16.5. The van der Waals surface area contributed by atoms with E-state index in [4.69, 9.17) is 10.5 Å². The minimum atomic E-state index is 0.639. The van der Waals surface area contributed by atoms with Gasteiger partial charge in [0.25, 0.3) is 0 Å². The Kier molecular flexibility index (Phi) is 4.76. The number of hydrogen-bond donors (Lipinski definition) is 1. The van der Waals surface area contributed by atoms with Crippen LogP contribution in [0.25, 0.3) is 22.0 Å². The molecule has 4 heteroatoms. The smallest absolute Gasteiger partial charge is 0.129 e. The van der Waals surface area contributed by atoms with Gasteiger partial charge in [-0.2, -0.15) is 0 Å². The molecule has 2 aromatic carbocycles. The molecule has 0 atom stereocenters. The Hall–Kier alpha value is -2.59.